The van der Waals surface area contributed by atoms with Crippen LogP contribution in [0, 0.1) is 5.41 Å². The van der Waals surface area contributed by atoms with Crippen molar-refractivity contribution in [1.29, 1.82) is 0 Å². The van der Waals surface area contributed by atoms with Crippen LogP contribution in [0.25, 0.3) is 0 Å². The summed E-state index contributed by atoms with van der Waals surface area (Å²) in [4.78, 5) is 25.7. The summed E-state index contributed by atoms with van der Waals surface area (Å²) in [6, 6.07) is 6.85. The number of hydrogen-bond acceptors (Lipinski definition) is 2. The van der Waals surface area contributed by atoms with E-state index in [-0.39, 0.29) is 11.8 Å². The number of primary amides is 1. The highest BCUT2D eigenvalue weighted by atomic mass is 35.5. The molecule has 1 aliphatic rings. The van der Waals surface area contributed by atoms with Gasteiger partial charge < -0.3 is 5.73 Å². The number of carbonyl (C=O) groups excluding carboxylic acids is 2. The number of nitrogens with zero attached hydrogens (tertiary/aromatic N) is 1. The highest BCUT2D eigenvalue weighted by molar-refractivity contribution is 6.21. The molecular weight excluding hydrogens is 264 g/mol. The van der Waals surface area contributed by atoms with Crippen molar-refractivity contribution in [3.8, 4) is 0 Å². The minimum atomic E-state index is -0.729. The average molecular weight is 281 g/mol. The molecule has 1 aromatic rings. The normalized spacial score (nSPS) is 18.3. The zero-order valence-electron chi connectivity index (χ0n) is 11.0. The number of rotatable bonds is 3. The van der Waals surface area contributed by atoms with Crippen molar-refractivity contribution in [2.75, 3.05) is 10.8 Å². The minimum absolute atomic E-state index is 0.170. The summed E-state index contributed by atoms with van der Waals surface area (Å²) in [6.07, 6.45) is 0.468. The second kappa shape index (κ2) is 4.85. The van der Waals surface area contributed by atoms with Crippen LogP contribution < -0.4 is 10.6 Å². The lowest BCUT2D eigenvalue weighted by atomic mass is 9.93. The van der Waals surface area contributed by atoms with Crippen LogP contribution in [0.4, 0.5) is 5.69 Å². The SMILES string of the molecule is CC(C)(CCl)C(=O)N1c2ccccc2CC1C(N)=O. The molecule has 2 N–H and O–H groups in total. The number of para-hydroxylation sites is 1. The van der Waals surface area contributed by atoms with Gasteiger partial charge >= 0.3 is 0 Å². The van der Waals surface area contributed by atoms with E-state index in [2.05, 4.69) is 0 Å². The first-order valence-corrected chi connectivity index (χ1v) is 6.69. The highest BCUT2D eigenvalue weighted by Gasteiger charge is 2.42. The molecule has 1 heterocycles. The summed E-state index contributed by atoms with van der Waals surface area (Å²) in [6.45, 7) is 3.53. The third-order valence-corrected chi connectivity index (χ3v) is 4.10. The fraction of sp³-hybridized carbons (Fsp3) is 0.429. The van der Waals surface area contributed by atoms with E-state index in [1.54, 1.807) is 13.8 Å². The maximum atomic E-state index is 12.6. The predicted octanol–water partition coefficient (Wildman–Crippen LogP) is 1.69. The van der Waals surface area contributed by atoms with Crippen LogP contribution in [0.15, 0.2) is 24.3 Å². The van der Waals surface area contributed by atoms with Crippen LogP contribution in [0.3, 0.4) is 0 Å². The summed E-state index contributed by atoms with van der Waals surface area (Å²) < 4.78 is 0. The number of fused-ring (bicyclic) bond motifs is 1. The number of benzene rings is 1. The lowest BCUT2D eigenvalue weighted by Gasteiger charge is -2.31. The Morgan fingerprint density at radius 2 is 2.05 bits per heavy atom. The Hall–Kier alpha value is -1.55. The van der Waals surface area contributed by atoms with E-state index in [0.29, 0.717) is 6.42 Å². The second-order valence-corrected chi connectivity index (χ2v) is 5.71. The van der Waals surface area contributed by atoms with Gasteiger partial charge in [-0.25, -0.2) is 0 Å². The molecule has 0 saturated carbocycles. The van der Waals surface area contributed by atoms with Gasteiger partial charge in [0.15, 0.2) is 0 Å². The molecule has 0 aliphatic carbocycles. The fourth-order valence-corrected chi connectivity index (χ4v) is 2.36. The van der Waals surface area contributed by atoms with Gasteiger partial charge in [0.05, 0.1) is 5.41 Å². The Bertz CT molecular complexity index is 528. The molecule has 0 spiro atoms. The summed E-state index contributed by atoms with van der Waals surface area (Å²) in [5, 5.41) is 0. The van der Waals surface area contributed by atoms with E-state index in [4.69, 9.17) is 17.3 Å². The van der Waals surface area contributed by atoms with Crippen molar-refractivity contribution in [3.63, 3.8) is 0 Å². The molecule has 2 amide bonds. The number of anilines is 1. The van der Waals surface area contributed by atoms with E-state index in [1.165, 1.54) is 4.90 Å². The average Bonchev–Trinajstić information content (AvgIpc) is 2.77. The van der Waals surface area contributed by atoms with Gasteiger partial charge in [0, 0.05) is 18.0 Å². The van der Waals surface area contributed by atoms with E-state index < -0.39 is 17.4 Å². The van der Waals surface area contributed by atoms with Gasteiger partial charge in [-0.1, -0.05) is 18.2 Å². The highest BCUT2D eigenvalue weighted by Crippen LogP contribution is 2.35. The van der Waals surface area contributed by atoms with Crippen molar-refractivity contribution >= 4 is 29.1 Å². The molecule has 19 heavy (non-hydrogen) atoms. The molecule has 1 unspecified atom stereocenters. The summed E-state index contributed by atoms with van der Waals surface area (Å²) in [7, 11) is 0. The van der Waals surface area contributed by atoms with Crippen molar-refractivity contribution < 1.29 is 9.59 Å². The first-order valence-electron chi connectivity index (χ1n) is 6.15. The zero-order valence-corrected chi connectivity index (χ0v) is 11.8. The standard InChI is InChI=1S/C14H17ClN2O2/c1-14(2,8-15)13(19)17-10-6-4-3-5-9(10)7-11(17)12(16)18/h3-6,11H,7-8H2,1-2H3,(H2,16,18). The van der Waals surface area contributed by atoms with Crippen LogP contribution in [0.1, 0.15) is 19.4 Å². The Kier molecular flexibility index (Phi) is 3.54. The summed E-state index contributed by atoms with van der Waals surface area (Å²) in [5.74, 6) is -0.470. The zero-order chi connectivity index (χ0) is 14.2. The van der Waals surface area contributed by atoms with Gasteiger partial charge in [-0.15, -0.1) is 11.6 Å². The molecule has 0 saturated heterocycles. The molecule has 5 heteroatoms. The number of nitrogens with two attached hydrogens (primary N) is 1. The van der Waals surface area contributed by atoms with Crippen LogP contribution in [-0.2, 0) is 16.0 Å². The van der Waals surface area contributed by atoms with Crippen LogP contribution in [0.2, 0.25) is 0 Å². The Labute approximate surface area is 117 Å². The third-order valence-electron chi connectivity index (χ3n) is 3.44. The first kappa shape index (κ1) is 13.9. The third kappa shape index (κ3) is 2.32. The molecule has 4 nitrogen and oxygen atoms in total. The maximum absolute atomic E-state index is 12.6. The minimum Gasteiger partial charge on any atom is -0.368 e. The quantitative estimate of drug-likeness (QED) is 0.857. The summed E-state index contributed by atoms with van der Waals surface area (Å²) >= 11 is 5.86. The number of hydrogen-bond donors (Lipinski definition) is 1. The van der Waals surface area contributed by atoms with Gasteiger partial charge in [-0.3, -0.25) is 14.5 Å². The largest absolute Gasteiger partial charge is 0.368 e. The smallest absolute Gasteiger partial charge is 0.240 e. The molecule has 1 atom stereocenters. The van der Waals surface area contributed by atoms with Crippen molar-refractivity contribution in [2.24, 2.45) is 11.1 Å². The molecule has 2 rings (SSSR count). The molecular formula is C14H17ClN2O2. The van der Waals surface area contributed by atoms with Crippen LogP contribution in [0.5, 0.6) is 0 Å². The van der Waals surface area contributed by atoms with Crippen molar-refractivity contribution in [1.82, 2.24) is 0 Å². The number of amides is 2. The molecule has 0 radical (unpaired) electrons. The topological polar surface area (TPSA) is 63.4 Å². The molecule has 1 aliphatic heterocycles. The molecule has 0 aromatic heterocycles. The van der Waals surface area contributed by atoms with E-state index in [9.17, 15) is 9.59 Å². The number of alkyl halides is 1. The monoisotopic (exact) mass is 280 g/mol. The van der Waals surface area contributed by atoms with E-state index in [0.717, 1.165) is 11.3 Å². The first-order chi connectivity index (χ1) is 8.88. The number of halogens is 1. The van der Waals surface area contributed by atoms with E-state index in [1.807, 2.05) is 24.3 Å². The van der Waals surface area contributed by atoms with Crippen LogP contribution in [-0.4, -0.2) is 23.7 Å². The van der Waals surface area contributed by atoms with Crippen molar-refractivity contribution in [3.05, 3.63) is 29.8 Å². The summed E-state index contributed by atoms with van der Waals surface area (Å²) in [5.41, 5.74) is 6.42. The number of carbonyl (C=O) groups is 2. The fourth-order valence-electron chi connectivity index (χ4n) is 2.25. The lowest BCUT2D eigenvalue weighted by molar-refractivity contribution is -0.128. The second-order valence-electron chi connectivity index (χ2n) is 5.44. The Balaban J connectivity index is 2.45. The molecule has 1 aromatic carbocycles. The molecule has 0 fully saturated rings. The predicted molar refractivity (Wildman–Crippen MR) is 75.1 cm³/mol. The Morgan fingerprint density at radius 1 is 1.42 bits per heavy atom. The molecule has 0 bridgehead atoms. The van der Waals surface area contributed by atoms with Gasteiger partial charge in [0.2, 0.25) is 11.8 Å². The van der Waals surface area contributed by atoms with Gasteiger partial charge in [0.25, 0.3) is 0 Å². The maximum Gasteiger partial charge on any atom is 0.240 e. The van der Waals surface area contributed by atoms with Gasteiger partial charge in [-0.2, -0.15) is 0 Å². The lowest BCUT2D eigenvalue weighted by Crippen LogP contribution is -2.51. The van der Waals surface area contributed by atoms with Crippen molar-refractivity contribution in [2.45, 2.75) is 26.3 Å². The van der Waals surface area contributed by atoms with Crippen LogP contribution >= 0.6 is 11.6 Å². The van der Waals surface area contributed by atoms with Gasteiger partial charge in [-0.05, 0) is 25.5 Å². The Morgan fingerprint density at radius 3 is 2.63 bits per heavy atom. The van der Waals surface area contributed by atoms with Gasteiger partial charge in [0.1, 0.15) is 6.04 Å². The van der Waals surface area contributed by atoms with E-state index >= 15 is 0 Å². The molecule has 102 valence electrons.